The molecule has 0 radical (unpaired) electrons. The standard InChI is InChI=1S/C21H22ClN3/c1-14(16-5-4-15(2)23-11-16)12-25-20-8-9-24(3)13-19(20)18-7-6-17(22)10-21(18)25/h4-7,10-12H,8-9,13H2,1-3H3/b14-12+. The molecule has 0 saturated carbocycles. The van der Waals surface area contributed by atoms with Gasteiger partial charge in [0.15, 0.2) is 0 Å². The second kappa shape index (κ2) is 6.32. The van der Waals surface area contributed by atoms with Gasteiger partial charge in [-0.3, -0.25) is 4.98 Å². The Morgan fingerprint density at radius 3 is 2.84 bits per heavy atom. The number of halogens is 1. The molecule has 0 unspecified atom stereocenters. The number of aromatic nitrogens is 2. The molecule has 2 aromatic heterocycles. The predicted octanol–water partition coefficient (Wildman–Crippen LogP) is 5.00. The number of pyridine rings is 1. The van der Waals surface area contributed by atoms with E-state index in [1.165, 1.54) is 27.7 Å². The summed E-state index contributed by atoms with van der Waals surface area (Å²) in [5.74, 6) is 0. The molecule has 0 N–H and O–H groups in total. The van der Waals surface area contributed by atoms with Gasteiger partial charge >= 0.3 is 0 Å². The third-order valence-electron chi connectivity index (χ3n) is 5.03. The van der Waals surface area contributed by atoms with Gasteiger partial charge in [-0.15, -0.1) is 0 Å². The summed E-state index contributed by atoms with van der Waals surface area (Å²) >= 11 is 6.30. The number of allylic oxidation sites excluding steroid dienone is 1. The molecule has 1 aliphatic heterocycles. The number of nitrogens with zero attached hydrogens (tertiary/aromatic N) is 3. The van der Waals surface area contributed by atoms with Gasteiger partial charge in [-0.1, -0.05) is 23.7 Å². The van der Waals surface area contributed by atoms with E-state index in [9.17, 15) is 0 Å². The van der Waals surface area contributed by atoms with E-state index in [0.717, 1.165) is 35.8 Å². The number of hydrogen-bond acceptors (Lipinski definition) is 2. The highest BCUT2D eigenvalue weighted by molar-refractivity contribution is 6.31. The molecule has 25 heavy (non-hydrogen) atoms. The summed E-state index contributed by atoms with van der Waals surface area (Å²) in [6.07, 6.45) is 5.23. The van der Waals surface area contributed by atoms with Crippen LogP contribution in [0, 0.1) is 6.92 Å². The Balaban J connectivity index is 1.90. The number of hydrogen-bond donors (Lipinski definition) is 0. The lowest BCUT2D eigenvalue weighted by Crippen LogP contribution is -2.26. The van der Waals surface area contributed by atoms with Gasteiger partial charge in [0.2, 0.25) is 0 Å². The van der Waals surface area contributed by atoms with Gasteiger partial charge in [-0.05, 0) is 55.8 Å². The summed E-state index contributed by atoms with van der Waals surface area (Å²) in [4.78, 5) is 6.80. The molecule has 1 aliphatic rings. The van der Waals surface area contributed by atoms with Crippen molar-refractivity contribution in [2.75, 3.05) is 13.6 Å². The van der Waals surface area contributed by atoms with Gasteiger partial charge in [0.1, 0.15) is 0 Å². The van der Waals surface area contributed by atoms with Crippen molar-refractivity contribution < 1.29 is 0 Å². The summed E-state index contributed by atoms with van der Waals surface area (Å²) in [5, 5.41) is 2.08. The van der Waals surface area contributed by atoms with Crippen molar-refractivity contribution in [1.82, 2.24) is 14.5 Å². The lowest BCUT2D eigenvalue weighted by Gasteiger charge is -2.23. The fraction of sp³-hybridized carbons (Fsp3) is 0.286. The first-order valence-electron chi connectivity index (χ1n) is 8.64. The Morgan fingerprint density at radius 2 is 2.08 bits per heavy atom. The molecule has 0 saturated heterocycles. The van der Waals surface area contributed by atoms with Crippen LogP contribution in [0.2, 0.25) is 5.02 Å². The maximum atomic E-state index is 6.30. The SMILES string of the molecule is C/C(=C\n1c2c(c3ccc(Cl)cc31)CN(C)CC2)c1ccc(C)nc1. The number of aryl methyl sites for hydroxylation is 1. The zero-order valence-electron chi connectivity index (χ0n) is 14.9. The summed E-state index contributed by atoms with van der Waals surface area (Å²) in [7, 11) is 2.18. The molecule has 3 aromatic rings. The van der Waals surface area contributed by atoms with Gasteiger partial charge in [-0.25, -0.2) is 0 Å². The third-order valence-corrected chi connectivity index (χ3v) is 5.27. The molecule has 0 fully saturated rings. The third kappa shape index (κ3) is 2.99. The molecular weight excluding hydrogens is 330 g/mol. The van der Waals surface area contributed by atoms with Crippen LogP contribution >= 0.6 is 11.6 Å². The van der Waals surface area contributed by atoms with Crippen molar-refractivity contribution in [1.29, 1.82) is 0 Å². The molecule has 1 aromatic carbocycles. The predicted molar refractivity (Wildman–Crippen MR) is 106 cm³/mol. The van der Waals surface area contributed by atoms with E-state index in [-0.39, 0.29) is 0 Å². The molecular formula is C21H22ClN3. The minimum absolute atomic E-state index is 0.778. The van der Waals surface area contributed by atoms with Crippen LogP contribution in [0.25, 0.3) is 22.7 Å². The fourth-order valence-electron chi connectivity index (χ4n) is 3.62. The zero-order valence-corrected chi connectivity index (χ0v) is 15.6. The van der Waals surface area contributed by atoms with Crippen LogP contribution in [0.5, 0.6) is 0 Å². The van der Waals surface area contributed by atoms with Crippen LogP contribution < -0.4 is 0 Å². The second-order valence-electron chi connectivity index (χ2n) is 6.94. The number of fused-ring (bicyclic) bond motifs is 3. The smallest absolute Gasteiger partial charge is 0.0543 e. The Kier molecular flexibility index (Phi) is 4.14. The summed E-state index contributed by atoms with van der Waals surface area (Å²) in [5.41, 5.74) is 7.39. The van der Waals surface area contributed by atoms with Gasteiger partial charge in [-0.2, -0.15) is 0 Å². The van der Waals surface area contributed by atoms with E-state index in [1.807, 2.05) is 19.2 Å². The van der Waals surface area contributed by atoms with Crippen LogP contribution in [0.3, 0.4) is 0 Å². The van der Waals surface area contributed by atoms with Gasteiger partial charge in [0, 0.05) is 53.7 Å². The average molecular weight is 352 g/mol. The van der Waals surface area contributed by atoms with Crippen molar-refractivity contribution in [3.63, 3.8) is 0 Å². The summed E-state index contributed by atoms with van der Waals surface area (Å²) < 4.78 is 2.33. The van der Waals surface area contributed by atoms with Crippen LogP contribution in [-0.2, 0) is 13.0 Å². The molecule has 4 rings (SSSR count). The van der Waals surface area contributed by atoms with Crippen molar-refractivity contribution in [2.24, 2.45) is 0 Å². The first-order chi connectivity index (χ1) is 12.0. The first kappa shape index (κ1) is 16.4. The number of benzene rings is 1. The fourth-order valence-corrected chi connectivity index (χ4v) is 3.78. The van der Waals surface area contributed by atoms with Crippen LogP contribution in [0.1, 0.15) is 29.4 Å². The molecule has 0 aliphatic carbocycles. The van der Waals surface area contributed by atoms with Crippen molar-refractivity contribution in [2.45, 2.75) is 26.8 Å². The quantitative estimate of drug-likeness (QED) is 0.647. The first-order valence-corrected chi connectivity index (χ1v) is 9.02. The molecule has 3 heterocycles. The van der Waals surface area contributed by atoms with Crippen molar-refractivity contribution in [3.05, 3.63) is 64.1 Å². The van der Waals surface area contributed by atoms with Gasteiger partial charge < -0.3 is 9.47 Å². The van der Waals surface area contributed by atoms with E-state index in [4.69, 9.17) is 11.6 Å². The number of rotatable bonds is 2. The van der Waals surface area contributed by atoms with Crippen LogP contribution in [0.15, 0.2) is 36.5 Å². The topological polar surface area (TPSA) is 21.1 Å². The minimum atomic E-state index is 0.778. The molecule has 0 bridgehead atoms. The van der Waals surface area contributed by atoms with Crippen LogP contribution in [-0.4, -0.2) is 28.0 Å². The van der Waals surface area contributed by atoms with E-state index in [0.29, 0.717) is 0 Å². The van der Waals surface area contributed by atoms with E-state index in [1.54, 1.807) is 0 Å². The maximum absolute atomic E-state index is 6.30. The summed E-state index contributed by atoms with van der Waals surface area (Å²) in [6, 6.07) is 10.4. The highest BCUT2D eigenvalue weighted by Gasteiger charge is 2.21. The molecule has 3 nitrogen and oxygen atoms in total. The van der Waals surface area contributed by atoms with Crippen molar-refractivity contribution in [3.8, 4) is 0 Å². The highest BCUT2D eigenvalue weighted by atomic mass is 35.5. The Hall–Kier alpha value is -2.10. The Bertz CT molecular complexity index is 967. The lowest BCUT2D eigenvalue weighted by atomic mass is 10.1. The van der Waals surface area contributed by atoms with Crippen molar-refractivity contribution >= 4 is 34.3 Å². The van der Waals surface area contributed by atoms with Gasteiger partial charge in [0.25, 0.3) is 0 Å². The van der Waals surface area contributed by atoms with E-state index in [2.05, 4.69) is 58.9 Å². The Labute approximate surface area is 153 Å². The molecule has 0 atom stereocenters. The maximum Gasteiger partial charge on any atom is 0.0543 e. The molecule has 128 valence electrons. The van der Waals surface area contributed by atoms with Gasteiger partial charge in [0.05, 0.1) is 5.52 Å². The number of likely N-dealkylation sites (N-methyl/N-ethyl adjacent to an activating group) is 1. The lowest BCUT2D eigenvalue weighted by molar-refractivity contribution is 0.312. The molecule has 0 amide bonds. The molecule has 4 heteroatoms. The minimum Gasteiger partial charge on any atom is -0.320 e. The monoisotopic (exact) mass is 351 g/mol. The van der Waals surface area contributed by atoms with E-state index >= 15 is 0 Å². The summed E-state index contributed by atoms with van der Waals surface area (Å²) in [6.45, 7) is 6.22. The molecule has 0 spiro atoms. The zero-order chi connectivity index (χ0) is 17.6. The second-order valence-corrected chi connectivity index (χ2v) is 7.38. The average Bonchev–Trinajstić information content (AvgIpc) is 2.88. The highest BCUT2D eigenvalue weighted by Crippen LogP contribution is 2.33. The normalized spacial score (nSPS) is 15.6. The largest absolute Gasteiger partial charge is 0.320 e. The van der Waals surface area contributed by atoms with E-state index < -0.39 is 0 Å². The Morgan fingerprint density at radius 1 is 1.24 bits per heavy atom. The van der Waals surface area contributed by atoms with Crippen LogP contribution in [0.4, 0.5) is 0 Å².